The first-order chi connectivity index (χ1) is 10.1. The van der Waals surface area contributed by atoms with Crippen LogP contribution in [0, 0.1) is 23.6 Å². The van der Waals surface area contributed by atoms with Crippen LogP contribution in [0.1, 0.15) is 52.0 Å². The van der Waals surface area contributed by atoms with Gasteiger partial charge in [-0.15, -0.1) is 0 Å². The first kappa shape index (κ1) is 16.5. The molecule has 2 heteroatoms. The van der Waals surface area contributed by atoms with E-state index in [-0.39, 0.29) is 5.82 Å². The van der Waals surface area contributed by atoms with Crippen molar-refractivity contribution in [3.8, 4) is 0 Å². The average Bonchev–Trinajstić information content (AvgIpc) is 2.48. The molecule has 1 fully saturated rings. The molecule has 0 saturated heterocycles. The number of rotatable bonds is 6. The Morgan fingerprint density at radius 1 is 1.19 bits per heavy atom. The summed E-state index contributed by atoms with van der Waals surface area (Å²) in [6, 6.07) is 7.82. The molecule has 1 aromatic rings. The molecular formula is C19H30FN. The second-order valence-electron chi connectivity index (χ2n) is 6.97. The summed E-state index contributed by atoms with van der Waals surface area (Å²) in [5.41, 5.74) is 0.897. The molecule has 118 valence electrons. The van der Waals surface area contributed by atoms with Crippen molar-refractivity contribution < 1.29 is 4.39 Å². The summed E-state index contributed by atoms with van der Waals surface area (Å²) in [4.78, 5) is 0. The van der Waals surface area contributed by atoms with E-state index in [4.69, 9.17) is 0 Å². The molecule has 0 amide bonds. The third-order valence-electron chi connectivity index (χ3n) is 5.05. The Hall–Kier alpha value is -0.890. The largest absolute Gasteiger partial charge is 0.314 e. The molecule has 0 radical (unpaired) electrons. The van der Waals surface area contributed by atoms with Gasteiger partial charge in [-0.1, -0.05) is 51.8 Å². The summed E-state index contributed by atoms with van der Waals surface area (Å²) in [5, 5.41) is 3.58. The zero-order chi connectivity index (χ0) is 15.2. The summed E-state index contributed by atoms with van der Waals surface area (Å²) in [6.07, 6.45) is 6.05. The van der Waals surface area contributed by atoms with Crippen molar-refractivity contribution in [1.29, 1.82) is 0 Å². The van der Waals surface area contributed by atoms with Gasteiger partial charge in [0.1, 0.15) is 5.82 Å². The van der Waals surface area contributed by atoms with Crippen LogP contribution in [-0.2, 0) is 6.42 Å². The number of nitrogens with one attached hydrogen (secondary N) is 1. The van der Waals surface area contributed by atoms with Crippen LogP contribution in [0.3, 0.4) is 0 Å². The minimum absolute atomic E-state index is 0.0355. The summed E-state index contributed by atoms with van der Waals surface area (Å²) in [7, 11) is 0. The lowest BCUT2D eigenvalue weighted by Crippen LogP contribution is -2.36. The van der Waals surface area contributed by atoms with Crippen LogP contribution in [0.4, 0.5) is 4.39 Å². The van der Waals surface area contributed by atoms with Crippen LogP contribution in [0.15, 0.2) is 24.3 Å². The third kappa shape index (κ3) is 4.81. The van der Waals surface area contributed by atoms with Crippen LogP contribution >= 0.6 is 0 Å². The van der Waals surface area contributed by atoms with E-state index in [2.05, 4.69) is 26.1 Å². The van der Waals surface area contributed by atoms with E-state index < -0.39 is 0 Å². The highest BCUT2D eigenvalue weighted by molar-refractivity contribution is 5.18. The topological polar surface area (TPSA) is 12.0 Å². The maximum Gasteiger partial charge on any atom is 0.126 e. The van der Waals surface area contributed by atoms with Gasteiger partial charge in [0.25, 0.3) is 0 Å². The number of hydrogen-bond acceptors (Lipinski definition) is 1. The summed E-state index contributed by atoms with van der Waals surface area (Å²) in [5.74, 6) is 2.10. The normalized spacial score (nSPS) is 26.2. The SMILES string of the molecule is CCC1CCC(CNC(C)C)C(Cc2ccccc2F)C1. The van der Waals surface area contributed by atoms with Crippen LogP contribution < -0.4 is 5.32 Å². The van der Waals surface area contributed by atoms with E-state index in [1.807, 2.05) is 12.1 Å². The molecule has 21 heavy (non-hydrogen) atoms. The molecule has 1 aromatic carbocycles. The van der Waals surface area contributed by atoms with Crippen molar-refractivity contribution in [2.24, 2.45) is 17.8 Å². The van der Waals surface area contributed by atoms with E-state index >= 15 is 0 Å². The van der Waals surface area contributed by atoms with E-state index in [1.165, 1.54) is 25.7 Å². The highest BCUT2D eigenvalue weighted by Gasteiger charge is 2.30. The molecule has 1 N–H and O–H groups in total. The van der Waals surface area contributed by atoms with Gasteiger partial charge in [-0.2, -0.15) is 0 Å². The zero-order valence-electron chi connectivity index (χ0n) is 13.7. The van der Waals surface area contributed by atoms with Crippen LogP contribution in [0.5, 0.6) is 0 Å². The van der Waals surface area contributed by atoms with E-state index in [0.717, 1.165) is 24.4 Å². The van der Waals surface area contributed by atoms with Gasteiger partial charge in [-0.3, -0.25) is 0 Å². The monoisotopic (exact) mass is 291 g/mol. The lowest BCUT2D eigenvalue weighted by molar-refractivity contribution is 0.168. The highest BCUT2D eigenvalue weighted by Crippen LogP contribution is 2.37. The van der Waals surface area contributed by atoms with Gasteiger partial charge >= 0.3 is 0 Å². The fourth-order valence-electron chi connectivity index (χ4n) is 3.65. The molecule has 1 saturated carbocycles. The summed E-state index contributed by atoms with van der Waals surface area (Å²) >= 11 is 0. The Bertz CT molecular complexity index is 429. The van der Waals surface area contributed by atoms with Crippen LogP contribution in [0.25, 0.3) is 0 Å². The Kier molecular flexibility index (Phi) is 6.22. The van der Waals surface area contributed by atoms with E-state index in [0.29, 0.717) is 17.9 Å². The van der Waals surface area contributed by atoms with Gasteiger partial charge < -0.3 is 5.32 Å². The minimum atomic E-state index is -0.0355. The molecule has 2 rings (SSSR count). The molecule has 0 aromatic heterocycles. The van der Waals surface area contributed by atoms with Crippen LogP contribution in [0.2, 0.25) is 0 Å². The average molecular weight is 291 g/mol. The third-order valence-corrected chi connectivity index (χ3v) is 5.05. The molecular weight excluding hydrogens is 261 g/mol. The van der Waals surface area contributed by atoms with Gasteiger partial charge in [0.15, 0.2) is 0 Å². The number of hydrogen-bond donors (Lipinski definition) is 1. The lowest BCUT2D eigenvalue weighted by atomic mass is 9.71. The number of halogens is 1. The van der Waals surface area contributed by atoms with Gasteiger partial charge in [-0.05, 0) is 55.2 Å². The van der Waals surface area contributed by atoms with E-state index in [9.17, 15) is 4.39 Å². The van der Waals surface area contributed by atoms with Crippen molar-refractivity contribution >= 4 is 0 Å². The van der Waals surface area contributed by atoms with Gasteiger partial charge in [0, 0.05) is 6.04 Å². The lowest BCUT2D eigenvalue weighted by Gasteiger charge is -2.37. The zero-order valence-corrected chi connectivity index (χ0v) is 13.7. The van der Waals surface area contributed by atoms with Gasteiger partial charge in [-0.25, -0.2) is 4.39 Å². The van der Waals surface area contributed by atoms with Crippen molar-refractivity contribution in [2.45, 2.75) is 58.9 Å². The molecule has 0 aliphatic heterocycles. The fourth-order valence-corrected chi connectivity index (χ4v) is 3.65. The van der Waals surface area contributed by atoms with Crippen molar-refractivity contribution in [1.82, 2.24) is 5.32 Å². The van der Waals surface area contributed by atoms with Crippen molar-refractivity contribution in [2.75, 3.05) is 6.54 Å². The minimum Gasteiger partial charge on any atom is -0.314 e. The molecule has 0 bridgehead atoms. The Labute approximate surface area is 129 Å². The molecule has 1 nitrogen and oxygen atoms in total. The van der Waals surface area contributed by atoms with Crippen molar-refractivity contribution in [3.63, 3.8) is 0 Å². The Morgan fingerprint density at radius 2 is 1.95 bits per heavy atom. The predicted molar refractivity (Wildman–Crippen MR) is 87.9 cm³/mol. The second-order valence-corrected chi connectivity index (χ2v) is 6.97. The van der Waals surface area contributed by atoms with Gasteiger partial charge in [0.05, 0.1) is 0 Å². The smallest absolute Gasteiger partial charge is 0.126 e. The van der Waals surface area contributed by atoms with Gasteiger partial charge in [0.2, 0.25) is 0 Å². The first-order valence-corrected chi connectivity index (χ1v) is 8.56. The quantitative estimate of drug-likeness (QED) is 0.793. The molecule has 1 aliphatic rings. The fraction of sp³-hybridized carbons (Fsp3) is 0.684. The molecule has 1 aliphatic carbocycles. The Balaban J connectivity index is 2.04. The standard InChI is InChI=1S/C19H30FN/c1-4-15-9-10-17(13-21-14(2)3)18(11-15)12-16-7-5-6-8-19(16)20/h5-8,14-15,17-18,21H,4,9-13H2,1-3H3. The Morgan fingerprint density at radius 3 is 2.62 bits per heavy atom. The molecule has 3 atom stereocenters. The highest BCUT2D eigenvalue weighted by atomic mass is 19.1. The second kappa shape index (κ2) is 7.93. The van der Waals surface area contributed by atoms with Crippen molar-refractivity contribution in [3.05, 3.63) is 35.6 Å². The van der Waals surface area contributed by atoms with E-state index in [1.54, 1.807) is 12.1 Å². The van der Waals surface area contributed by atoms with Crippen LogP contribution in [-0.4, -0.2) is 12.6 Å². The maximum atomic E-state index is 13.9. The molecule has 3 unspecified atom stereocenters. The first-order valence-electron chi connectivity index (χ1n) is 8.56. The number of benzene rings is 1. The molecule has 0 spiro atoms. The maximum absolute atomic E-state index is 13.9. The summed E-state index contributed by atoms with van der Waals surface area (Å²) < 4.78 is 13.9. The molecule has 0 heterocycles. The predicted octanol–water partition coefficient (Wildman–Crippen LogP) is 4.81. The summed E-state index contributed by atoms with van der Waals surface area (Å²) in [6.45, 7) is 7.76.